The second-order valence-electron chi connectivity index (χ2n) is 3.96. The fourth-order valence-electron chi connectivity index (χ4n) is 1.61. The molecule has 0 radical (unpaired) electrons. The molecule has 0 aliphatic rings. The molecule has 2 rings (SSSR count). The van der Waals surface area contributed by atoms with Gasteiger partial charge in [0.25, 0.3) is 0 Å². The van der Waals surface area contributed by atoms with E-state index in [-0.39, 0.29) is 0 Å². The van der Waals surface area contributed by atoms with E-state index >= 15 is 0 Å². The summed E-state index contributed by atoms with van der Waals surface area (Å²) < 4.78 is 0.523. The van der Waals surface area contributed by atoms with E-state index in [0.29, 0.717) is 17.0 Å². The van der Waals surface area contributed by atoms with Crippen molar-refractivity contribution in [3.05, 3.63) is 46.5 Å². The highest BCUT2D eigenvalue weighted by Gasteiger charge is 2.08. The van der Waals surface area contributed by atoms with E-state index in [4.69, 9.17) is 12.2 Å². The number of hydrogen-bond acceptors (Lipinski definition) is 3. The molecule has 1 heterocycles. The average molecular weight is 249 g/mol. The Kier molecular flexibility index (Phi) is 3.61. The highest BCUT2D eigenvalue weighted by atomic mass is 32.1. The first-order chi connectivity index (χ1) is 8.15. The normalized spacial score (nSPS) is 12.4. The molecule has 1 atom stereocenters. The molecule has 0 saturated carbocycles. The number of rotatable bonds is 4. The zero-order valence-electron chi connectivity index (χ0n) is 9.53. The minimum atomic E-state index is -0.608. The Balaban J connectivity index is 1.96. The summed E-state index contributed by atoms with van der Waals surface area (Å²) in [4.78, 5) is 5.72. The first-order valence-electron chi connectivity index (χ1n) is 5.41. The molecule has 1 aromatic carbocycles. The monoisotopic (exact) mass is 249 g/mol. The molecule has 0 spiro atoms. The Bertz CT molecular complexity index is 546. The maximum Gasteiger partial charge on any atom is 0.174 e. The van der Waals surface area contributed by atoms with Crippen LogP contribution >= 0.6 is 12.2 Å². The van der Waals surface area contributed by atoms with Crippen molar-refractivity contribution >= 4 is 17.9 Å². The number of anilines is 1. The van der Waals surface area contributed by atoms with E-state index in [1.807, 2.05) is 31.2 Å². The van der Waals surface area contributed by atoms with Crippen LogP contribution in [-0.2, 0) is 0 Å². The van der Waals surface area contributed by atoms with Crippen molar-refractivity contribution in [3.63, 3.8) is 0 Å². The fraction of sp³-hybridized carbons (Fsp3) is 0.250. The Morgan fingerprint density at radius 3 is 2.94 bits per heavy atom. The van der Waals surface area contributed by atoms with E-state index in [0.717, 1.165) is 5.69 Å². The van der Waals surface area contributed by atoms with Gasteiger partial charge in [-0.05, 0) is 36.8 Å². The fourth-order valence-corrected chi connectivity index (χ4v) is 1.78. The molecular formula is C12H15N3OS. The quantitative estimate of drug-likeness (QED) is 0.630. The van der Waals surface area contributed by atoms with Crippen molar-refractivity contribution in [2.45, 2.75) is 13.0 Å². The van der Waals surface area contributed by atoms with Crippen molar-refractivity contribution in [3.8, 4) is 0 Å². The van der Waals surface area contributed by atoms with Crippen molar-refractivity contribution < 1.29 is 5.11 Å². The van der Waals surface area contributed by atoms with Crippen LogP contribution in [0.5, 0.6) is 0 Å². The molecule has 0 aliphatic carbocycles. The van der Waals surface area contributed by atoms with Gasteiger partial charge in [0.05, 0.1) is 5.69 Å². The first-order valence-corrected chi connectivity index (χ1v) is 5.82. The molecule has 0 amide bonds. The molecule has 5 heteroatoms. The number of hydrogen-bond donors (Lipinski definition) is 4. The summed E-state index contributed by atoms with van der Waals surface area (Å²) in [5.41, 5.74) is 2.87. The molecule has 0 saturated heterocycles. The summed E-state index contributed by atoms with van der Waals surface area (Å²) in [6.45, 7) is 2.47. The summed E-state index contributed by atoms with van der Waals surface area (Å²) in [5, 5.41) is 13.1. The topological polar surface area (TPSA) is 63.8 Å². The Morgan fingerprint density at radius 2 is 2.29 bits per heavy atom. The largest absolute Gasteiger partial charge is 0.385 e. The lowest BCUT2D eigenvalue weighted by atomic mass is 10.2. The predicted octanol–water partition coefficient (Wildman–Crippen LogP) is 2.53. The smallest absolute Gasteiger partial charge is 0.174 e. The zero-order chi connectivity index (χ0) is 12.3. The van der Waals surface area contributed by atoms with Crippen LogP contribution in [0.2, 0.25) is 0 Å². The lowest BCUT2D eigenvalue weighted by molar-refractivity contribution is 0.187. The predicted molar refractivity (Wildman–Crippen MR) is 70.6 cm³/mol. The van der Waals surface area contributed by atoms with Crippen LogP contribution in [-0.4, -0.2) is 21.6 Å². The van der Waals surface area contributed by atoms with Crippen molar-refractivity contribution in [1.29, 1.82) is 0 Å². The maximum absolute atomic E-state index is 9.90. The number of aryl methyl sites for hydroxylation is 1. The number of aliphatic hydroxyl groups is 1. The molecule has 4 N–H and O–H groups in total. The number of imidazole rings is 1. The minimum absolute atomic E-state index is 0.437. The van der Waals surface area contributed by atoms with E-state index in [1.165, 1.54) is 5.56 Å². The van der Waals surface area contributed by atoms with Gasteiger partial charge in [-0.15, -0.1) is 0 Å². The van der Waals surface area contributed by atoms with Crippen LogP contribution in [0.1, 0.15) is 17.4 Å². The summed E-state index contributed by atoms with van der Waals surface area (Å²) in [6, 6.07) is 8.02. The van der Waals surface area contributed by atoms with Crippen molar-refractivity contribution in [2.24, 2.45) is 0 Å². The maximum atomic E-state index is 9.90. The highest BCUT2D eigenvalue weighted by molar-refractivity contribution is 7.71. The van der Waals surface area contributed by atoms with Gasteiger partial charge in [-0.25, -0.2) is 0 Å². The van der Waals surface area contributed by atoms with Gasteiger partial charge in [0, 0.05) is 18.4 Å². The first kappa shape index (κ1) is 11.9. The van der Waals surface area contributed by atoms with Gasteiger partial charge in [0.15, 0.2) is 4.77 Å². The van der Waals surface area contributed by atoms with Gasteiger partial charge >= 0.3 is 0 Å². The van der Waals surface area contributed by atoms with Crippen molar-refractivity contribution in [1.82, 2.24) is 9.97 Å². The van der Waals surface area contributed by atoms with Crippen LogP contribution in [0.25, 0.3) is 0 Å². The van der Waals surface area contributed by atoms with Gasteiger partial charge in [-0.3, -0.25) is 0 Å². The highest BCUT2D eigenvalue weighted by Crippen LogP contribution is 2.13. The van der Waals surface area contributed by atoms with Gasteiger partial charge in [0.2, 0.25) is 0 Å². The molecule has 4 nitrogen and oxygen atoms in total. The standard InChI is InChI=1S/C12H15N3OS/c1-8-3-2-4-9(5-8)13-7-11(16)10-6-14-12(17)15-10/h2-6,11,13,16H,7H2,1H3,(H2,14,15,17). The van der Waals surface area contributed by atoms with E-state index in [2.05, 4.69) is 15.3 Å². The number of aliphatic hydroxyl groups excluding tert-OH is 1. The van der Waals surface area contributed by atoms with Crippen LogP contribution in [0, 0.1) is 11.7 Å². The second kappa shape index (κ2) is 5.16. The lowest BCUT2D eigenvalue weighted by Gasteiger charge is -2.11. The van der Waals surface area contributed by atoms with Gasteiger partial charge in [-0.1, -0.05) is 12.1 Å². The molecule has 1 aromatic heterocycles. The zero-order valence-corrected chi connectivity index (χ0v) is 10.3. The van der Waals surface area contributed by atoms with Gasteiger partial charge in [0.1, 0.15) is 6.10 Å². The third kappa shape index (κ3) is 3.18. The molecule has 0 fully saturated rings. The number of nitrogens with one attached hydrogen (secondary N) is 3. The van der Waals surface area contributed by atoms with Gasteiger partial charge in [-0.2, -0.15) is 0 Å². The van der Waals surface area contributed by atoms with E-state index in [9.17, 15) is 5.11 Å². The van der Waals surface area contributed by atoms with Gasteiger partial charge < -0.3 is 20.4 Å². The SMILES string of the molecule is Cc1cccc(NCC(O)c2c[nH]c(=S)[nH]2)c1. The molecular weight excluding hydrogens is 234 g/mol. The number of benzene rings is 1. The number of H-pyrrole nitrogens is 2. The molecule has 0 aliphatic heterocycles. The number of aromatic nitrogens is 2. The summed E-state index contributed by atoms with van der Waals surface area (Å²) in [6.07, 6.45) is 1.08. The van der Waals surface area contributed by atoms with Crippen LogP contribution < -0.4 is 5.32 Å². The molecule has 0 bridgehead atoms. The molecule has 1 unspecified atom stereocenters. The van der Waals surface area contributed by atoms with Crippen LogP contribution in [0.15, 0.2) is 30.5 Å². The second-order valence-corrected chi connectivity index (χ2v) is 4.37. The van der Waals surface area contributed by atoms with Crippen molar-refractivity contribution in [2.75, 3.05) is 11.9 Å². The number of aromatic amines is 2. The summed E-state index contributed by atoms with van der Waals surface area (Å²) in [5.74, 6) is 0. The minimum Gasteiger partial charge on any atom is -0.385 e. The molecule has 17 heavy (non-hydrogen) atoms. The molecule has 2 aromatic rings. The van der Waals surface area contributed by atoms with Crippen LogP contribution in [0.3, 0.4) is 0 Å². The Morgan fingerprint density at radius 1 is 1.47 bits per heavy atom. The third-order valence-electron chi connectivity index (χ3n) is 2.49. The lowest BCUT2D eigenvalue weighted by Crippen LogP contribution is -2.12. The third-order valence-corrected chi connectivity index (χ3v) is 2.71. The Labute approximate surface area is 105 Å². The van der Waals surface area contributed by atoms with E-state index < -0.39 is 6.10 Å². The van der Waals surface area contributed by atoms with E-state index in [1.54, 1.807) is 6.20 Å². The van der Waals surface area contributed by atoms with Crippen LogP contribution in [0.4, 0.5) is 5.69 Å². The summed E-state index contributed by atoms with van der Waals surface area (Å²) in [7, 11) is 0. The Hall–Kier alpha value is -1.59. The average Bonchev–Trinajstić information content (AvgIpc) is 2.73. The molecule has 90 valence electrons. The summed E-state index contributed by atoms with van der Waals surface area (Å²) >= 11 is 4.90.